The van der Waals surface area contributed by atoms with Gasteiger partial charge in [0.05, 0.1) is 29.4 Å². The van der Waals surface area contributed by atoms with Gasteiger partial charge in [-0.15, -0.1) is 11.3 Å². The monoisotopic (exact) mass is 335 g/mol. The van der Waals surface area contributed by atoms with Crippen LogP contribution in [0.1, 0.15) is 12.6 Å². The van der Waals surface area contributed by atoms with Crippen molar-refractivity contribution in [3.05, 3.63) is 46.7 Å². The molecule has 0 aliphatic carbocycles. The van der Waals surface area contributed by atoms with Crippen molar-refractivity contribution in [2.45, 2.75) is 13.3 Å². The quantitative estimate of drug-likeness (QED) is 0.774. The van der Waals surface area contributed by atoms with Gasteiger partial charge in [0.15, 0.2) is 10.7 Å². The van der Waals surface area contributed by atoms with Gasteiger partial charge in [-0.25, -0.2) is 4.98 Å². The van der Waals surface area contributed by atoms with Crippen LogP contribution in [0.15, 0.2) is 36.0 Å². The molecule has 7 heteroatoms. The Morgan fingerprint density at radius 3 is 3.14 bits per heavy atom. The molecule has 1 aromatic carbocycles. The third-order valence-electron chi connectivity index (χ3n) is 3.01. The van der Waals surface area contributed by atoms with Gasteiger partial charge in [0, 0.05) is 17.8 Å². The molecule has 2 heterocycles. The zero-order valence-electron chi connectivity index (χ0n) is 11.9. The zero-order chi connectivity index (χ0) is 15.5. The number of nitrogens with one attached hydrogen (secondary N) is 1. The summed E-state index contributed by atoms with van der Waals surface area (Å²) in [5, 5.41) is 5.25. The maximum Gasteiger partial charge on any atom is 0.230 e. The maximum atomic E-state index is 12.2. The zero-order valence-corrected chi connectivity index (χ0v) is 13.4. The van der Waals surface area contributed by atoms with E-state index in [-0.39, 0.29) is 12.3 Å². The van der Waals surface area contributed by atoms with E-state index in [1.165, 1.54) is 11.3 Å². The normalized spacial score (nSPS) is 10.8. The molecular weight excluding hydrogens is 322 g/mol. The van der Waals surface area contributed by atoms with Crippen molar-refractivity contribution in [3.8, 4) is 5.75 Å². The Bertz CT molecular complexity index is 784. The number of hydrogen-bond donors (Lipinski definition) is 1. The summed E-state index contributed by atoms with van der Waals surface area (Å²) in [5.41, 5.74) is 1.30. The molecule has 22 heavy (non-hydrogen) atoms. The highest BCUT2D eigenvalue weighted by molar-refractivity contribution is 7.15. The molecule has 114 valence electrons. The summed E-state index contributed by atoms with van der Waals surface area (Å²) < 4.78 is 7.39. The van der Waals surface area contributed by atoms with Gasteiger partial charge in [-0.2, -0.15) is 0 Å². The van der Waals surface area contributed by atoms with E-state index in [4.69, 9.17) is 16.3 Å². The molecule has 0 bridgehead atoms. The molecule has 0 radical (unpaired) electrons. The van der Waals surface area contributed by atoms with Crippen molar-refractivity contribution < 1.29 is 9.53 Å². The third-order valence-corrected chi connectivity index (χ3v) is 4.08. The lowest BCUT2D eigenvalue weighted by Crippen LogP contribution is -2.15. The second-order valence-corrected chi connectivity index (χ2v) is 5.88. The minimum atomic E-state index is -0.158. The van der Waals surface area contributed by atoms with Crippen molar-refractivity contribution in [3.63, 3.8) is 0 Å². The van der Waals surface area contributed by atoms with Crippen LogP contribution in [0.4, 0.5) is 5.69 Å². The third kappa shape index (κ3) is 3.08. The van der Waals surface area contributed by atoms with Crippen LogP contribution in [0, 0.1) is 0 Å². The number of benzene rings is 1. The standard InChI is InChI=1S/C15H14ClN3O2S/c1-2-21-14-11(16)4-3-5-12(14)18-13(20)8-10-9-19-6-7-22-15(19)17-10/h3-7,9H,2,8H2,1H3,(H,18,20). The van der Waals surface area contributed by atoms with Gasteiger partial charge >= 0.3 is 0 Å². The highest BCUT2D eigenvalue weighted by Gasteiger charge is 2.13. The largest absolute Gasteiger partial charge is 0.490 e. The summed E-state index contributed by atoms with van der Waals surface area (Å²) in [6.07, 6.45) is 3.97. The molecule has 0 aliphatic heterocycles. The van der Waals surface area contributed by atoms with E-state index in [0.717, 1.165) is 10.7 Å². The molecule has 5 nitrogen and oxygen atoms in total. The SMILES string of the molecule is CCOc1c(Cl)cccc1NC(=O)Cc1cn2ccsc2n1. The van der Waals surface area contributed by atoms with E-state index in [0.29, 0.717) is 23.1 Å². The molecule has 1 N–H and O–H groups in total. The fourth-order valence-corrected chi connectivity index (χ4v) is 3.07. The Morgan fingerprint density at radius 1 is 1.50 bits per heavy atom. The van der Waals surface area contributed by atoms with Gasteiger partial charge in [0.2, 0.25) is 5.91 Å². The summed E-state index contributed by atoms with van der Waals surface area (Å²) in [7, 11) is 0. The Kier molecular flexibility index (Phi) is 4.31. The molecule has 1 amide bonds. The van der Waals surface area contributed by atoms with Crippen LogP contribution in [-0.2, 0) is 11.2 Å². The number of thiazole rings is 1. The molecule has 2 aromatic heterocycles. The van der Waals surface area contributed by atoms with Crippen molar-refractivity contribution >= 4 is 39.5 Å². The molecule has 0 spiro atoms. The molecule has 0 fully saturated rings. The number of fused-ring (bicyclic) bond motifs is 1. The van der Waals surface area contributed by atoms with Gasteiger partial charge in [-0.1, -0.05) is 17.7 Å². The number of carbonyl (C=O) groups is 1. The van der Waals surface area contributed by atoms with Crippen molar-refractivity contribution in [1.29, 1.82) is 0 Å². The smallest absolute Gasteiger partial charge is 0.230 e. The van der Waals surface area contributed by atoms with Gasteiger partial charge in [-0.05, 0) is 19.1 Å². The number of hydrogen-bond acceptors (Lipinski definition) is 4. The Hall–Kier alpha value is -2.05. The van der Waals surface area contributed by atoms with Crippen LogP contribution in [0.25, 0.3) is 4.96 Å². The van der Waals surface area contributed by atoms with Crippen LogP contribution in [-0.4, -0.2) is 21.9 Å². The summed E-state index contributed by atoms with van der Waals surface area (Å²) in [5.74, 6) is 0.333. The first kappa shape index (κ1) is 14.9. The molecule has 0 saturated carbocycles. The Labute approximate surface area is 136 Å². The number of aromatic nitrogens is 2. The first-order chi connectivity index (χ1) is 10.7. The number of ether oxygens (including phenoxy) is 1. The number of carbonyl (C=O) groups excluding carboxylic acids is 1. The molecule has 0 unspecified atom stereocenters. The first-order valence-electron chi connectivity index (χ1n) is 6.79. The minimum absolute atomic E-state index is 0.158. The van der Waals surface area contributed by atoms with Gasteiger partial charge in [0.25, 0.3) is 0 Å². The second kappa shape index (κ2) is 6.37. The van der Waals surface area contributed by atoms with Crippen molar-refractivity contribution in [2.75, 3.05) is 11.9 Å². The number of rotatable bonds is 5. The van der Waals surface area contributed by atoms with Crippen molar-refractivity contribution in [1.82, 2.24) is 9.38 Å². The van der Waals surface area contributed by atoms with E-state index >= 15 is 0 Å². The minimum Gasteiger partial charge on any atom is -0.490 e. The number of nitrogens with zero attached hydrogens (tertiary/aromatic N) is 2. The topological polar surface area (TPSA) is 55.6 Å². The number of halogens is 1. The Balaban J connectivity index is 1.74. The highest BCUT2D eigenvalue weighted by atomic mass is 35.5. The number of imidazole rings is 1. The molecule has 0 saturated heterocycles. The highest BCUT2D eigenvalue weighted by Crippen LogP contribution is 2.32. The second-order valence-electron chi connectivity index (χ2n) is 4.60. The number of anilines is 1. The van der Waals surface area contributed by atoms with Gasteiger partial charge < -0.3 is 10.1 Å². The molecule has 3 aromatic rings. The first-order valence-corrected chi connectivity index (χ1v) is 8.05. The number of amides is 1. The maximum absolute atomic E-state index is 12.2. The lowest BCUT2D eigenvalue weighted by molar-refractivity contribution is -0.115. The fraction of sp³-hybridized carbons (Fsp3) is 0.200. The molecule has 0 atom stereocenters. The summed E-state index contributed by atoms with van der Waals surface area (Å²) in [6.45, 7) is 2.34. The van der Waals surface area contributed by atoms with E-state index in [9.17, 15) is 4.79 Å². The van der Waals surface area contributed by atoms with Crippen LogP contribution in [0.5, 0.6) is 5.75 Å². The van der Waals surface area contributed by atoms with Crippen LogP contribution < -0.4 is 10.1 Å². The van der Waals surface area contributed by atoms with Gasteiger partial charge in [-0.3, -0.25) is 9.20 Å². The lowest BCUT2D eigenvalue weighted by Gasteiger charge is -2.12. The lowest BCUT2D eigenvalue weighted by atomic mass is 10.2. The summed E-state index contributed by atoms with van der Waals surface area (Å²) >= 11 is 7.63. The van der Waals surface area contributed by atoms with Crippen LogP contribution in [0.2, 0.25) is 5.02 Å². The van der Waals surface area contributed by atoms with Crippen molar-refractivity contribution in [2.24, 2.45) is 0 Å². The van der Waals surface area contributed by atoms with E-state index in [2.05, 4.69) is 10.3 Å². The van der Waals surface area contributed by atoms with Crippen LogP contribution >= 0.6 is 22.9 Å². The van der Waals surface area contributed by atoms with E-state index in [1.807, 2.05) is 29.1 Å². The average Bonchev–Trinajstić information content (AvgIpc) is 3.03. The Morgan fingerprint density at radius 2 is 2.36 bits per heavy atom. The number of para-hydroxylation sites is 1. The van der Waals surface area contributed by atoms with E-state index in [1.54, 1.807) is 18.2 Å². The molecule has 0 aliphatic rings. The van der Waals surface area contributed by atoms with Gasteiger partial charge in [0.1, 0.15) is 0 Å². The summed E-state index contributed by atoms with van der Waals surface area (Å²) in [4.78, 5) is 17.5. The predicted octanol–water partition coefficient (Wildman–Crippen LogP) is 3.63. The molecular formula is C15H14ClN3O2S. The predicted molar refractivity (Wildman–Crippen MR) is 88.0 cm³/mol. The average molecular weight is 336 g/mol. The van der Waals surface area contributed by atoms with E-state index < -0.39 is 0 Å². The molecule has 3 rings (SSSR count). The van der Waals surface area contributed by atoms with Crippen LogP contribution in [0.3, 0.4) is 0 Å². The summed E-state index contributed by atoms with van der Waals surface area (Å²) in [6, 6.07) is 5.26. The fourth-order valence-electron chi connectivity index (χ4n) is 2.12.